The number of nitrogens with zero attached hydrogens (tertiary/aromatic N) is 3. The molecular weight excluding hydrogens is 309 g/mol. The number of nitrogens with one attached hydrogen (secondary N) is 1. The van der Waals surface area contributed by atoms with Crippen LogP contribution in [0.4, 0.5) is 13.2 Å². The van der Waals surface area contributed by atoms with Crippen LogP contribution in [0.2, 0.25) is 0 Å². The molecule has 1 aromatic heterocycles. The molecular formula is C15H15F3N4O. The summed E-state index contributed by atoms with van der Waals surface area (Å²) < 4.78 is 40.7. The minimum atomic E-state index is -2.63. The molecule has 1 aliphatic rings. The van der Waals surface area contributed by atoms with Crippen LogP contribution >= 0.6 is 0 Å². The first kappa shape index (κ1) is 15.5. The zero-order valence-electron chi connectivity index (χ0n) is 12.1. The Balaban J connectivity index is 1.83. The molecule has 1 unspecified atom stereocenters. The molecule has 0 bridgehead atoms. The van der Waals surface area contributed by atoms with Gasteiger partial charge in [-0.15, -0.1) is 0 Å². The van der Waals surface area contributed by atoms with E-state index in [1.165, 1.54) is 35.1 Å². The Morgan fingerprint density at radius 1 is 1.35 bits per heavy atom. The first-order chi connectivity index (χ1) is 11.1. The lowest BCUT2D eigenvalue weighted by molar-refractivity contribution is 0.0123. The third-order valence-corrected chi connectivity index (χ3v) is 3.72. The smallest absolute Gasteiger partial charge is 0.274 e. The zero-order valence-corrected chi connectivity index (χ0v) is 12.1. The van der Waals surface area contributed by atoms with Gasteiger partial charge >= 0.3 is 0 Å². The van der Waals surface area contributed by atoms with Crippen LogP contribution in [0.25, 0.3) is 5.69 Å². The molecule has 1 saturated heterocycles. The molecule has 1 atom stereocenters. The summed E-state index contributed by atoms with van der Waals surface area (Å²) >= 11 is 0. The third kappa shape index (κ3) is 3.21. The highest BCUT2D eigenvalue weighted by Gasteiger charge is 2.34. The second-order valence-electron chi connectivity index (χ2n) is 5.23. The van der Waals surface area contributed by atoms with Crippen LogP contribution in [0.15, 0.2) is 36.5 Å². The van der Waals surface area contributed by atoms with Crippen molar-refractivity contribution in [3.63, 3.8) is 0 Å². The van der Waals surface area contributed by atoms with Crippen molar-refractivity contribution in [3.8, 4) is 5.69 Å². The van der Waals surface area contributed by atoms with Gasteiger partial charge in [0.15, 0.2) is 5.69 Å². The van der Waals surface area contributed by atoms with Crippen LogP contribution in [0, 0.1) is 5.82 Å². The molecule has 3 rings (SSSR count). The summed E-state index contributed by atoms with van der Waals surface area (Å²) in [6, 6.07) is 6.00. The van der Waals surface area contributed by atoms with E-state index in [-0.39, 0.29) is 18.8 Å². The highest BCUT2D eigenvalue weighted by Crippen LogP contribution is 2.16. The molecule has 0 aliphatic carbocycles. The molecule has 5 nitrogen and oxygen atoms in total. The van der Waals surface area contributed by atoms with E-state index in [9.17, 15) is 18.0 Å². The molecule has 2 aromatic rings. The van der Waals surface area contributed by atoms with E-state index in [2.05, 4.69) is 10.4 Å². The van der Waals surface area contributed by atoms with Crippen molar-refractivity contribution in [2.45, 2.75) is 12.5 Å². The minimum absolute atomic E-state index is 0.0496. The SMILES string of the molecule is O=C(c1ccn(-c2cccc(F)c2)n1)N1CCNCC1C(F)F. The summed E-state index contributed by atoms with van der Waals surface area (Å²) in [6.07, 6.45) is -1.13. The average molecular weight is 324 g/mol. The quantitative estimate of drug-likeness (QED) is 0.935. The number of benzene rings is 1. The molecule has 1 aliphatic heterocycles. The number of alkyl halides is 2. The second kappa shape index (κ2) is 6.41. The van der Waals surface area contributed by atoms with Crippen molar-refractivity contribution in [3.05, 3.63) is 48.0 Å². The Morgan fingerprint density at radius 2 is 2.17 bits per heavy atom. The Labute approximate surface area is 130 Å². The number of piperazine rings is 1. The van der Waals surface area contributed by atoms with Crippen molar-refractivity contribution < 1.29 is 18.0 Å². The molecule has 1 aromatic carbocycles. The standard InChI is InChI=1S/C15H15F3N4O/c16-10-2-1-3-11(8-10)22-6-4-12(20-22)15(23)21-7-5-19-9-13(21)14(17)18/h1-4,6,8,13-14,19H,5,7,9H2. The van der Waals surface area contributed by atoms with E-state index in [1.54, 1.807) is 6.07 Å². The van der Waals surface area contributed by atoms with Gasteiger partial charge in [0.2, 0.25) is 0 Å². The largest absolute Gasteiger partial charge is 0.326 e. The van der Waals surface area contributed by atoms with Crippen molar-refractivity contribution in [1.82, 2.24) is 20.0 Å². The number of carbonyl (C=O) groups excluding carboxylic acids is 1. The molecule has 1 fully saturated rings. The molecule has 1 amide bonds. The lowest BCUT2D eigenvalue weighted by atomic mass is 10.2. The van der Waals surface area contributed by atoms with Gasteiger partial charge in [0, 0.05) is 25.8 Å². The van der Waals surface area contributed by atoms with Crippen LogP contribution in [0.3, 0.4) is 0 Å². The van der Waals surface area contributed by atoms with Crippen LogP contribution in [0.5, 0.6) is 0 Å². The van der Waals surface area contributed by atoms with Gasteiger partial charge in [-0.3, -0.25) is 4.79 Å². The average Bonchev–Trinajstić information content (AvgIpc) is 3.04. The van der Waals surface area contributed by atoms with Gasteiger partial charge in [0.05, 0.1) is 5.69 Å². The second-order valence-corrected chi connectivity index (χ2v) is 5.23. The number of amides is 1. The highest BCUT2D eigenvalue weighted by molar-refractivity contribution is 5.92. The summed E-state index contributed by atoms with van der Waals surface area (Å²) in [5, 5.41) is 6.93. The number of hydrogen-bond donors (Lipinski definition) is 1. The maximum absolute atomic E-state index is 13.2. The maximum atomic E-state index is 13.2. The van der Waals surface area contributed by atoms with E-state index in [0.29, 0.717) is 12.2 Å². The van der Waals surface area contributed by atoms with E-state index in [1.807, 2.05) is 0 Å². The summed E-state index contributed by atoms with van der Waals surface area (Å²) in [4.78, 5) is 13.6. The summed E-state index contributed by atoms with van der Waals surface area (Å²) in [5.41, 5.74) is 0.511. The van der Waals surface area contributed by atoms with E-state index < -0.39 is 24.2 Å². The van der Waals surface area contributed by atoms with Gasteiger partial charge < -0.3 is 10.2 Å². The van der Waals surface area contributed by atoms with Crippen LogP contribution in [-0.4, -0.2) is 52.7 Å². The lowest BCUT2D eigenvalue weighted by Crippen LogP contribution is -2.56. The molecule has 0 saturated carbocycles. The van der Waals surface area contributed by atoms with Gasteiger partial charge in [-0.2, -0.15) is 5.10 Å². The molecule has 8 heteroatoms. The van der Waals surface area contributed by atoms with Crippen molar-refractivity contribution >= 4 is 5.91 Å². The van der Waals surface area contributed by atoms with Gasteiger partial charge in [0.1, 0.15) is 11.9 Å². The van der Waals surface area contributed by atoms with Crippen molar-refractivity contribution in [2.75, 3.05) is 19.6 Å². The number of rotatable bonds is 3. The van der Waals surface area contributed by atoms with E-state index in [4.69, 9.17) is 0 Å². The fourth-order valence-electron chi connectivity index (χ4n) is 2.55. The van der Waals surface area contributed by atoms with Crippen molar-refractivity contribution in [1.29, 1.82) is 0 Å². The molecule has 1 N–H and O–H groups in total. The predicted octanol–water partition coefficient (Wildman–Crippen LogP) is 1.69. The topological polar surface area (TPSA) is 50.2 Å². The van der Waals surface area contributed by atoms with E-state index >= 15 is 0 Å². The highest BCUT2D eigenvalue weighted by atomic mass is 19.3. The zero-order chi connectivity index (χ0) is 16.4. The minimum Gasteiger partial charge on any atom is -0.326 e. The molecule has 23 heavy (non-hydrogen) atoms. The first-order valence-corrected chi connectivity index (χ1v) is 7.18. The number of halogens is 3. The summed E-state index contributed by atoms with van der Waals surface area (Å²) in [6.45, 7) is 0.703. The summed E-state index contributed by atoms with van der Waals surface area (Å²) in [7, 11) is 0. The predicted molar refractivity (Wildman–Crippen MR) is 77.2 cm³/mol. The van der Waals surface area contributed by atoms with Crippen LogP contribution in [-0.2, 0) is 0 Å². The van der Waals surface area contributed by atoms with Gasteiger partial charge in [-0.05, 0) is 24.3 Å². The first-order valence-electron chi connectivity index (χ1n) is 7.18. The van der Waals surface area contributed by atoms with Crippen LogP contribution < -0.4 is 5.32 Å². The molecule has 2 heterocycles. The molecule has 122 valence electrons. The fourth-order valence-corrected chi connectivity index (χ4v) is 2.55. The number of aromatic nitrogens is 2. The Hall–Kier alpha value is -2.35. The number of hydrogen-bond acceptors (Lipinski definition) is 3. The normalized spacial score (nSPS) is 18.4. The molecule has 0 spiro atoms. The third-order valence-electron chi connectivity index (χ3n) is 3.72. The van der Waals surface area contributed by atoms with Gasteiger partial charge in [-0.1, -0.05) is 6.07 Å². The molecule has 0 radical (unpaired) electrons. The maximum Gasteiger partial charge on any atom is 0.274 e. The Kier molecular flexibility index (Phi) is 4.33. The fraction of sp³-hybridized carbons (Fsp3) is 0.333. The lowest BCUT2D eigenvalue weighted by Gasteiger charge is -2.35. The van der Waals surface area contributed by atoms with Crippen molar-refractivity contribution in [2.24, 2.45) is 0 Å². The monoisotopic (exact) mass is 324 g/mol. The number of carbonyl (C=O) groups is 1. The van der Waals surface area contributed by atoms with Crippen LogP contribution in [0.1, 0.15) is 10.5 Å². The van der Waals surface area contributed by atoms with Gasteiger partial charge in [0.25, 0.3) is 12.3 Å². The van der Waals surface area contributed by atoms with Gasteiger partial charge in [-0.25, -0.2) is 17.9 Å². The Morgan fingerprint density at radius 3 is 2.91 bits per heavy atom. The Bertz CT molecular complexity index is 704. The van der Waals surface area contributed by atoms with E-state index in [0.717, 1.165) is 4.90 Å². The summed E-state index contributed by atoms with van der Waals surface area (Å²) in [5.74, 6) is -0.974.